The van der Waals surface area contributed by atoms with Crippen molar-refractivity contribution >= 4 is 29.3 Å². The first-order valence-corrected chi connectivity index (χ1v) is 9.59. The topological polar surface area (TPSA) is 88.9 Å². The summed E-state index contributed by atoms with van der Waals surface area (Å²) in [6.45, 7) is 3.89. The molecule has 0 bridgehead atoms. The van der Waals surface area contributed by atoms with Crippen molar-refractivity contribution in [1.29, 1.82) is 0 Å². The fourth-order valence-electron chi connectivity index (χ4n) is 2.59. The molecule has 2 N–H and O–H groups in total. The maximum Gasteiger partial charge on any atom is 0.243 e. The molecule has 1 fully saturated rings. The minimum atomic E-state index is -0.244. The summed E-state index contributed by atoms with van der Waals surface area (Å²) in [4.78, 5) is 24.0. The quantitative estimate of drug-likeness (QED) is 0.726. The van der Waals surface area contributed by atoms with Crippen LogP contribution in [0.15, 0.2) is 23.4 Å². The van der Waals surface area contributed by atoms with Crippen LogP contribution in [0.1, 0.15) is 35.7 Å². The standard InChI is InChI=1S/C18H23N5O2S/c1-11-5-4-6-14(12(11)2)20-15(24)9-19-16(25)10-26-18-22-21-17(23(18)3)13-7-8-13/h4-6,13H,7-10H2,1-3H3,(H,19,25)(H,20,24). The van der Waals surface area contributed by atoms with Crippen molar-refractivity contribution in [2.24, 2.45) is 7.05 Å². The Morgan fingerprint density at radius 3 is 2.73 bits per heavy atom. The highest BCUT2D eigenvalue weighted by Crippen LogP contribution is 2.39. The van der Waals surface area contributed by atoms with Crippen LogP contribution in [-0.4, -0.2) is 38.9 Å². The third-order valence-corrected chi connectivity index (χ3v) is 5.49. The Labute approximate surface area is 157 Å². The van der Waals surface area contributed by atoms with Crippen LogP contribution in [-0.2, 0) is 16.6 Å². The summed E-state index contributed by atoms with van der Waals surface area (Å²) in [6.07, 6.45) is 2.32. The molecule has 1 aromatic heterocycles. The average molecular weight is 373 g/mol. The average Bonchev–Trinajstić information content (AvgIpc) is 3.39. The molecule has 1 aromatic carbocycles. The van der Waals surface area contributed by atoms with Gasteiger partial charge in [0, 0.05) is 18.7 Å². The van der Waals surface area contributed by atoms with Crippen molar-refractivity contribution < 1.29 is 9.59 Å². The number of amides is 2. The number of nitrogens with zero attached hydrogens (tertiary/aromatic N) is 3. The van der Waals surface area contributed by atoms with Gasteiger partial charge in [0.2, 0.25) is 11.8 Å². The van der Waals surface area contributed by atoms with Gasteiger partial charge in [-0.25, -0.2) is 0 Å². The van der Waals surface area contributed by atoms with Crippen LogP contribution in [0.4, 0.5) is 5.69 Å². The number of carbonyl (C=O) groups excluding carboxylic acids is 2. The van der Waals surface area contributed by atoms with Crippen LogP contribution in [0.25, 0.3) is 0 Å². The smallest absolute Gasteiger partial charge is 0.243 e. The van der Waals surface area contributed by atoms with Gasteiger partial charge >= 0.3 is 0 Å². The molecule has 1 saturated carbocycles. The highest BCUT2D eigenvalue weighted by Gasteiger charge is 2.29. The van der Waals surface area contributed by atoms with Crippen molar-refractivity contribution in [3.8, 4) is 0 Å². The summed E-state index contributed by atoms with van der Waals surface area (Å²) in [5, 5.41) is 14.5. The summed E-state index contributed by atoms with van der Waals surface area (Å²) < 4.78 is 1.95. The molecule has 1 heterocycles. The van der Waals surface area contributed by atoms with E-state index in [9.17, 15) is 9.59 Å². The summed E-state index contributed by atoms with van der Waals surface area (Å²) in [7, 11) is 1.92. The van der Waals surface area contributed by atoms with Crippen LogP contribution >= 0.6 is 11.8 Å². The van der Waals surface area contributed by atoms with Crippen molar-refractivity contribution in [2.75, 3.05) is 17.6 Å². The molecule has 26 heavy (non-hydrogen) atoms. The first-order valence-electron chi connectivity index (χ1n) is 8.60. The molecule has 1 aliphatic carbocycles. The number of rotatable bonds is 7. The van der Waals surface area contributed by atoms with E-state index < -0.39 is 0 Å². The number of carbonyl (C=O) groups is 2. The van der Waals surface area contributed by atoms with Gasteiger partial charge in [0.25, 0.3) is 0 Å². The molecule has 0 saturated heterocycles. The van der Waals surface area contributed by atoms with Crippen LogP contribution in [0.5, 0.6) is 0 Å². The Balaban J connectivity index is 1.43. The predicted octanol–water partition coefficient (Wildman–Crippen LogP) is 2.16. The van der Waals surface area contributed by atoms with Gasteiger partial charge in [-0.1, -0.05) is 23.9 Å². The van der Waals surface area contributed by atoms with Gasteiger partial charge in [-0.2, -0.15) is 0 Å². The van der Waals surface area contributed by atoms with Crippen molar-refractivity contribution in [3.05, 3.63) is 35.2 Å². The van der Waals surface area contributed by atoms with E-state index in [1.54, 1.807) is 0 Å². The third kappa shape index (κ3) is 4.43. The summed E-state index contributed by atoms with van der Waals surface area (Å²) in [5.41, 5.74) is 2.90. The molecule has 0 unspecified atom stereocenters. The SMILES string of the molecule is Cc1cccc(NC(=O)CNC(=O)CSc2nnc(C3CC3)n2C)c1C. The lowest BCUT2D eigenvalue weighted by molar-refractivity contribution is -0.122. The molecular formula is C18H23N5O2S. The van der Waals surface area contributed by atoms with E-state index in [1.807, 2.05) is 43.7 Å². The van der Waals surface area contributed by atoms with Gasteiger partial charge in [-0.15, -0.1) is 10.2 Å². The molecular weight excluding hydrogens is 350 g/mol. The van der Waals surface area contributed by atoms with E-state index in [4.69, 9.17) is 0 Å². The van der Waals surface area contributed by atoms with Gasteiger partial charge in [-0.3, -0.25) is 9.59 Å². The predicted molar refractivity (Wildman–Crippen MR) is 101 cm³/mol. The second kappa shape index (κ2) is 7.90. The second-order valence-electron chi connectivity index (χ2n) is 6.54. The van der Waals surface area contributed by atoms with Gasteiger partial charge in [0.15, 0.2) is 5.16 Å². The first kappa shape index (κ1) is 18.4. The highest BCUT2D eigenvalue weighted by molar-refractivity contribution is 7.99. The van der Waals surface area contributed by atoms with Gasteiger partial charge in [-0.05, 0) is 43.9 Å². The number of aryl methyl sites for hydroxylation is 1. The van der Waals surface area contributed by atoms with E-state index in [0.717, 1.165) is 40.6 Å². The number of hydrogen-bond acceptors (Lipinski definition) is 5. The van der Waals surface area contributed by atoms with E-state index >= 15 is 0 Å². The Bertz CT molecular complexity index is 829. The lowest BCUT2D eigenvalue weighted by Crippen LogP contribution is -2.34. The van der Waals surface area contributed by atoms with E-state index in [1.165, 1.54) is 11.8 Å². The Kier molecular flexibility index (Phi) is 5.61. The minimum absolute atomic E-state index is 0.0566. The van der Waals surface area contributed by atoms with Crippen molar-refractivity contribution in [1.82, 2.24) is 20.1 Å². The number of anilines is 1. The zero-order valence-corrected chi connectivity index (χ0v) is 16.0. The number of benzene rings is 1. The molecule has 8 heteroatoms. The van der Waals surface area contributed by atoms with Crippen LogP contribution in [0.3, 0.4) is 0 Å². The van der Waals surface area contributed by atoms with E-state index in [0.29, 0.717) is 5.92 Å². The van der Waals surface area contributed by atoms with Gasteiger partial charge in [0.1, 0.15) is 5.82 Å². The zero-order valence-electron chi connectivity index (χ0n) is 15.2. The maximum absolute atomic E-state index is 12.0. The Hall–Kier alpha value is -2.35. The lowest BCUT2D eigenvalue weighted by atomic mass is 10.1. The minimum Gasteiger partial charge on any atom is -0.346 e. The Morgan fingerprint density at radius 2 is 2.00 bits per heavy atom. The molecule has 3 rings (SSSR count). The van der Waals surface area contributed by atoms with Crippen molar-refractivity contribution in [2.45, 2.75) is 37.8 Å². The lowest BCUT2D eigenvalue weighted by Gasteiger charge is -2.11. The number of hydrogen-bond donors (Lipinski definition) is 2. The Morgan fingerprint density at radius 1 is 1.23 bits per heavy atom. The molecule has 1 aliphatic rings. The third-order valence-electron chi connectivity index (χ3n) is 4.47. The number of thioether (sulfide) groups is 1. The van der Waals surface area contributed by atoms with Crippen LogP contribution < -0.4 is 10.6 Å². The molecule has 0 atom stereocenters. The molecule has 0 aliphatic heterocycles. The number of nitrogens with one attached hydrogen (secondary N) is 2. The summed E-state index contributed by atoms with van der Waals surface area (Å²) in [6, 6.07) is 5.73. The van der Waals surface area contributed by atoms with Crippen LogP contribution in [0, 0.1) is 13.8 Å². The van der Waals surface area contributed by atoms with E-state index in [-0.39, 0.29) is 24.1 Å². The fraction of sp³-hybridized carbons (Fsp3) is 0.444. The van der Waals surface area contributed by atoms with Gasteiger partial charge < -0.3 is 15.2 Å². The molecule has 0 spiro atoms. The maximum atomic E-state index is 12.0. The largest absolute Gasteiger partial charge is 0.346 e. The second-order valence-corrected chi connectivity index (χ2v) is 7.48. The normalized spacial score (nSPS) is 13.5. The summed E-state index contributed by atoms with van der Waals surface area (Å²) >= 11 is 1.33. The zero-order chi connectivity index (χ0) is 18.7. The molecule has 2 aromatic rings. The van der Waals surface area contributed by atoms with Crippen molar-refractivity contribution in [3.63, 3.8) is 0 Å². The molecule has 0 radical (unpaired) electrons. The highest BCUT2D eigenvalue weighted by atomic mass is 32.2. The monoisotopic (exact) mass is 373 g/mol. The molecule has 138 valence electrons. The van der Waals surface area contributed by atoms with Crippen LogP contribution in [0.2, 0.25) is 0 Å². The molecule has 2 amide bonds. The fourth-order valence-corrected chi connectivity index (χ4v) is 3.34. The van der Waals surface area contributed by atoms with Gasteiger partial charge in [0.05, 0.1) is 12.3 Å². The summed E-state index contributed by atoms with van der Waals surface area (Å²) in [5.74, 6) is 1.26. The molecule has 7 nitrogen and oxygen atoms in total. The first-order chi connectivity index (χ1) is 12.5. The number of aromatic nitrogens is 3. The van der Waals surface area contributed by atoms with E-state index in [2.05, 4.69) is 20.8 Å².